The maximum Gasteiger partial charge on any atom is 0.191 e. The first-order valence-electron chi connectivity index (χ1n) is 8.67. The zero-order valence-electron chi connectivity index (χ0n) is 15.1. The van der Waals surface area contributed by atoms with Crippen molar-refractivity contribution in [2.45, 2.75) is 26.8 Å². The highest BCUT2D eigenvalue weighted by molar-refractivity contribution is 5.84. The van der Waals surface area contributed by atoms with Crippen LogP contribution in [0.4, 0.5) is 0 Å². The van der Waals surface area contributed by atoms with E-state index in [4.69, 9.17) is 0 Å². The summed E-state index contributed by atoms with van der Waals surface area (Å²) in [5.41, 5.74) is 4.98. The molecule has 0 saturated carbocycles. The molecule has 3 aromatic rings. The van der Waals surface area contributed by atoms with Crippen LogP contribution >= 0.6 is 0 Å². The third kappa shape index (κ3) is 4.21. The summed E-state index contributed by atoms with van der Waals surface area (Å²) >= 11 is 0. The highest BCUT2D eigenvalue weighted by Crippen LogP contribution is 2.21. The standard InChI is InChI=1S/C19H26N6/c1-14-12-23-25(13-14)11-10-22-19(20-3)21-9-8-16-15(2)24-18-7-5-4-6-17(16)18/h4-7,12-13,24H,8-11H2,1-3H3,(H2,20,21,22). The molecule has 0 spiro atoms. The van der Waals surface area contributed by atoms with Crippen molar-refractivity contribution in [1.29, 1.82) is 0 Å². The number of hydrogen-bond acceptors (Lipinski definition) is 2. The average Bonchev–Trinajstić information content (AvgIpc) is 3.16. The lowest BCUT2D eigenvalue weighted by Crippen LogP contribution is -2.39. The van der Waals surface area contributed by atoms with Gasteiger partial charge in [-0.2, -0.15) is 5.10 Å². The number of fused-ring (bicyclic) bond motifs is 1. The largest absolute Gasteiger partial charge is 0.358 e. The molecule has 0 fully saturated rings. The predicted octanol–water partition coefficient (Wildman–Crippen LogP) is 2.39. The van der Waals surface area contributed by atoms with Gasteiger partial charge in [-0.25, -0.2) is 0 Å². The Morgan fingerprint density at radius 2 is 2.00 bits per heavy atom. The van der Waals surface area contributed by atoms with E-state index in [2.05, 4.69) is 56.9 Å². The highest BCUT2D eigenvalue weighted by atomic mass is 15.3. The lowest BCUT2D eigenvalue weighted by molar-refractivity contribution is 0.597. The molecule has 25 heavy (non-hydrogen) atoms. The van der Waals surface area contributed by atoms with Crippen LogP contribution in [0.5, 0.6) is 0 Å². The maximum atomic E-state index is 4.29. The van der Waals surface area contributed by atoms with E-state index < -0.39 is 0 Å². The summed E-state index contributed by atoms with van der Waals surface area (Å²) in [5, 5.41) is 12.3. The van der Waals surface area contributed by atoms with E-state index in [1.807, 2.05) is 24.0 Å². The fourth-order valence-electron chi connectivity index (χ4n) is 3.06. The maximum absolute atomic E-state index is 4.29. The van der Waals surface area contributed by atoms with Crippen LogP contribution in [0.25, 0.3) is 10.9 Å². The second-order valence-corrected chi connectivity index (χ2v) is 6.23. The smallest absolute Gasteiger partial charge is 0.191 e. The number of nitrogens with one attached hydrogen (secondary N) is 3. The lowest BCUT2D eigenvalue weighted by Gasteiger charge is -2.12. The van der Waals surface area contributed by atoms with Gasteiger partial charge in [0.2, 0.25) is 0 Å². The van der Waals surface area contributed by atoms with E-state index in [9.17, 15) is 0 Å². The number of aromatic amines is 1. The Morgan fingerprint density at radius 3 is 2.76 bits per heavy atom. The zero-order chi connectivity index (χ0) is 17.6. The molecule has 1 aromatic carbocycles. The van der Waals surface area contributed by atoms with Crippen molar-refractivity contribution in [2.24, 2.45) is 4.99 Å². The first-order chi connectivity index (χ1) is 12.2. The van der Waals surface area contributed by atoms with E-state index in [-0.39, 0.29) is 0 Å². The summed E-state index contributed by atoms with van der Waals surface area (Å²) < 4.78 is 1.94. The van der Waals surface area contributed by atoms with E-state index >= 15 is 0 Å². The SMILES string of the molecule is CN=C(NCCc1c(C)[nH]c2ccccc12)NCCn1cc(C)cn1. The van der Waals surface area contributed by atoms with E-state index in [0.29, 0.717) is 0 Å². The Hall–Kier alpha value is -2.76. The van der Waals surface area contributed by atoms with E-state index in [0.717, 1.165) is 32.0 Å². The van der Waals surface area contributed by atoms with E-state index in [1.54, 1.807) is 7.05 Å². The third-order valence-electron chi connectivity index (χ3n) is 4.31. The average molecular weight is 338 g/mol. The number of aromatic nitrogens is 3. The number of rotatable bonds is 6. The van der Waals surface area contributed by atoms with Crippen LogP contribution < -0.4 is 10.6 Å². The van der Waals surface area contributed by atoms with E-state index in [1.165, 1.54) is 27.7 Å². The molecule has 0 radical (unpaired) electrons. The van der Waals surface area contributed by atoms with Crippen LogP contribution in [0.3, 0.4) is 0 Å². The molecule has 0 aliphatic carbocycles. The van der Waals surface area contributed by atoms with Crippen LogP contribution in [-0.2, 0) is 13.0 Å². The molecule has 2 aromatic heterocycles. The van der Waals surface area contributed by atoms with Gasteiger partial charge in [0.1, 0.15) is 0 Å². The van der Waals surface area contributed by atoms with Crippen molar-refractivity contribution in [1.82, 2.24) is 25.4 Å². The molecule has 0 bridgehead atoms. The van der Waals surface area contributed by atoms with Gasteiger partial charge in [0.15, 0.2) is 5.96 Å². The number of H-pyrrole nitrogens is 1. The highest BCUT2D eigenvalue weighted by Gasteiger charge is 2.07. The Morgan fingerprint density at radius 1 is 1.20 bits per heavy atom. The Balaban J connectivity index is 1.48. The van der Waals surface area contributed by atoms with Gasteiger partial charge in [-0.3, -0.25) is 9.67 Å². The monoisotopic (exact) mass is 338 g/mol. The zero-order valence-corrected chi connectivity index (χ0v) is 15.1. The van der Waals surface area contributed by atoms with Crippen molar-refractivity contribution in [3.63, 3.8) is 0 Å². The molecule has 132 valence electrons. The minimum absolute atomic E-state index is 0.785. The molecule has 0 saturated heterocycles. The van der Waals surface area contributed by atoms with Crippen molar-refractivity contribution in [3.05, 3.63) is 53.5 Å². The molecule has 0 aliphatic rings. The third-order valence-corrected chi connectivity index (χ3v) is 4.31. The molecular formula is C19H26N6. The molecule has 0 atom stereocenters. The quantitative estimate of drug-likeness (QED) is 0.477. The van der Waals surface area contributed by atoms with Crippen LogP contribution in [0.2, 0.25) is 0 Å². The molecule has 6 heteroatoms. The first-order valence-corrected chi connectivity index (χ1v) is 8.67. The van der Waals surface area contributed by atoms with Crippen LogP contribution in [-0.4, -0.2) is 40.9 Å². The van der Waals surface area contributed by atoms with Gasteiger partial charge in [-0.1, -0.05) is 18.2 Å². The Labute approximate surface area is 148 Å². The number of benzene rings is 1. The lowest BCUT2D eigenvalue weighted by atomic mass is 10.1. The molecule has 2 heterocycles. The molecule has 0 aliphatic heterocycles. The summed E-state index contributed by atoms with van der Waals surface area (Å²) in [4.78, 5) is 7.74. The second-order valence-electron chi connectivity index (χ2n) is 6.23. The molecule has 3 N–H and O–H groups in total. The van der Waals surface area contributed by atoms with Gasteiger partial charge >= 0.3 is 0 Å². The topological polar surface area (TPSA) is 70.0 Å². The fourth-order valence-corrected chi connectivity index (χ4v) is 3.06. The Kier molecular flexibility index (Phi) is 5.38. The fraction of sp³-hybridized carbons (Fsp3) is 0.368. The van der Waals surface area contributed by atoms with Gasteiger partial charge < -0.3 is 15.6 Å². The van der Waals surface area contributed by atoms with Crippen LogP contribution in [0, 0.1) is 13.8 Å². The van der Waals surface area contributed by atoms with Crippen molar-refractivity contribution >= 4 is 16.9 Å². The summed E-state index contributed by atoms with van der Waals surface area (Å²) in [7, 11) is 1.80. The molecule has 0 unspecified atom stereocenters. The molecule has 0 amide bonds. The van der Waals surface area contributed by atoms with Gasteiger partial charge in [0.25, 0.3) is 0 Å². The summed E-state index contributed by atoms with van der Waals surface area (Å²) in [6.07, 6.45) is 4.86. The number of guanidine groups is 1. The summed E-state index contributed by atoms with van der Waals surface area (Å²) in [6.45, 7) is 6.62. The van der Waals surface area contributed by atoms with Crippen LogP contribution in [0.15, 0.2) is 41.7 Å². The second kappa shape index (κ2) is 7.88. The number of aryl methyl sites for hydroxylation is 2. The molecule has 6 nitrogen and oxygen atoms in total. The summed E-state index contributed by atoms with van der Waals surface area (Å²) in [5.74, 6) is 0.821. The van der Waals surface area contributed by atoms with Gasteiger partial charge in [-0.05, 0) is 37.5 Å². The van der Waals surface area contributed by atoms with Crippen molar-refractivity contribution in [3.8, 4) is 0 Å². The number of hydrogen-bond donors (Lipinski definition) is 3. The van der Waals surface area contributed by atoms with Crippen LogP contribution in [0.1, 0.15) is 16.8 Å². The normalized spacial score (nSPS) is 11.9. The minimum Gasteiger partial charge on any atom is -0.358 e. The van der Waals surface area contributed by atoms with Crippen molar-refractivity contribution in [2.75, 3.05) is 20.1 Å². The van der Waals surface area contributed by atoms with Crippen molar-refractivity contribution < 1.29 is 0 Å². The number of nitrogens with zero attached hydrogens (tertiary/aromatic N) is 3. The number of para-hydroxylation sites is 1. The molecule has 3 rings (SSSR count). The predicted molar refractivity (Wildman–Crippen MR) is 103 cm³/mol. The molecular weight excluding hydrogens is 312 g/mol. The Bertz CT molecular complexity index is 858. The summed E-state index contributed by atoms with van der Waals surface area (Å²) in [6, 6.07) is 8.45. The number of aliphatic imine (C=N–C) groups is 1. The van der Waals surface area contributed by atoms with Gasteiger partial charge in [-0.15, -0.1) is 0 Å². The van der Waals surface area contributed by atoms with Gasteiger partial charge in [0.05, 0.1) is 12.7 Å². The van der Waals surface area contributed by atoms with Gasteiger partial charge in [0, 0.05) is 42.9 Å². The minimum atomic E-state index is 0.785. The first kappa shape index (κ1) is 17.1.